The van der Waals surface area contributed by atoms with Gasteiger partial charge in [0, 0.05) is 24.6 Å². The van der Waals surface area contributed by atoms with E-state index in [9.17, 15) is 19.1 Å². The first-order chi connectivity index (χ1) is 13.9. The van der Waals surface area contributed by atoms with E-state index in [1.54, 1.807) is 31.3 Å². The van der Waals surface area contributed by atoms with E-state index in [-0.39, 0.29) is 18.1 Å². The average Bonchev–Trinajstić information content (AvgIpc) is 3.14. The highest BCUT2D eigenvalue weighted by molar-refractivity contribution is 5.76. The summed E-state index contributed by atoms with van der Waals surface area (Å²) in [6, 6.07) is 5.89. The minimum absolute atomic E-state index is 0.161. The lowest BCUT2D eigenvalue weighted by atomic mass is 9.74. The summed E-state index contributed by atoms with van der Waals surface area (Å²) in [6.45, 7) is 2.04. The molecule has 0 radical (unpaired) electrons. The molecular formula is C21H25FN4O3. The smallest absolute Gasteiger partial charge is 0.310 e. The molecule has 29 heavy (non-hydrogen) atoms. The van der Waals surface area contributed by atoms with Gasteiger partial charge in [-0.25, -0.2) is 4.39 Å². The fourth-order valence-corrected chi connectivity index (χ4v) is 3.63. The third-order valence-corrected chi connectivity index (χ3v) is 5.34. The Hall–Kier alpha value is -3.03. The number of hydrogen-bond acceptors (Lipinski definition) is 4. The van der Waals surface area contributed by atoms with Crippen LogP contribution in [0.1, 0.15) is 49.9 Å². The number of aromatic nitrogens is 3. The van der Waals surface area contributed by atoms with Crippen LogP contribution in [-0.4, -0.2) is 32.0 Å². The Morgan fingerprint density at radius 2 is 2.14 bits per heavy atom. The summed E-state index contributed by atoms with van der Waals surface area (Å²) in [7, 11) is 0. The van der Waals surface area contributed by atoms with Crippen molar-refractivity contribution < 1.29 is 19.1 Å². The first kappa shape index (κ1) is 20.7. The second kappa shape index (κ2) is 8.98. The number of carboxylic acids is 1. The SMILES string of the molecule is C[C@H](NC(=O)CCn1cc(CC2(C(=O)O)CC=CCC2)nn1)c1ccccc1F. The van der Waals surface area contributed by atoms with Gasteiger partial charge in [0.25, 0.3) is 0 Å². The number of carbonyl (C=O) groups is 2. The predicted octanol–water partition coefficient (Wildman–Crippen LogP) is 3.04. The van der Waals surface area contributed by atoms with Gasteiger partial charge in [0.1, 0.15) is 5.82 Å². The molecule has 0 saturated heterocycles. The number of hydrogen-bond donors (Lipinski definition) is 2. The maximum Gasteiger partial charge on any atom is 0.310 e. The van der Waals surface area contributed by atoms with Crippen molar-refractivity contribution in [1.82, 2.24) is 20.3 Å². The summed E-state index contributed by atoms with van der Waals surface area (Å²) in [5.41, 5.74) is 0.189. The highest BCUT2D eigenvalue weighted by atomic mass is 19.1. The Labute approximate surface area is 168 Å². The van der Waals surface area contributed by atoms with E-state index in [0.717, 1.165) is 6.42 Å². The number of carboxylic acid groups (broad SMARTS) is 1. The Bertz CT molecular complexity index is 911. The third kappa shape index (κ3) is 5.07. The fraction of sp³-hybridized carbons (Fsp3) is 0.429. The zero-order chi connectivity index (χ0) is 20.9. The maximum absolute atomic E-state index is 13.8. The molecule has 2 N–H and O–H groups in total. The van der Waals surface area contributed by atoms with Crippen LogP contribution in [0.4, 0.5) is 4.39 Å². The Kier molecular flexibility index (Phi) is 6.41. The molecule has 0 fully saturated rings. The van der Waals surface area contributed by atoms with Crippen molar-refractivity contribution in [2.45, 2.75) is 51.6 Å². The van der Waals surface area contributed by atoms with Gasteiger partial charge in [-0.1, -0.05) is 35.6 Å². The molecule has 2 aromatic rings. The number of aryl methyl sites for hydroxylation is 1. The summed E-state index contributed by atoms with van der Waals surface area (Å²) < 4.78 is 15.3. The lowest BCUT2D eigenvalue weighted by Crippen LogP contribution is -2.34. The number of allylic oxidation sites excluding steroid dienone is 2. The van der Waals surface area contributed by atoms with Crippen LogP contribution in [0.25, 0.3) is 0 Å². The van der Waals surface area contributed by atoms with Gasteiger partial charge in [-0.2, -0.15) is 0 Å². The molecule has 1 unspecified atom stereocenters. The topological polar surface area (TPSA) is 97.1 Å². The zero-order valence-electron chi connectivity index (χ0n) is 16.3. The molecule has 1 aromatic heterocycles. The molecule has 0 spiro atoms. The molecule has 0 saturated carbocycles. The number of carbonyl (C=O) groups excluding carboxylic acids is 1. The van der Waals surface area contributed by atoms with E-state index in [2.05, 4.69) is 15.6 Å². The van der Waals surface area contributed by atoms with E-state index < -0.39 is 17.4 Å². The van der Waals surface area contributed by atoms with Crippen LogP contribution >= 0.6 is 0 Å². The van der Waals surface area contributed by atoms with Gasteiger partial charge in [0.15, 0.2) is 0 Å². The van der Waals surface area contributed by atoms with Crippen LogP contribution < -0.4 is 5.32 Å². The average molecular weight is 400 g/mol. The molecule has 1 aliphatic carbocycles. The van der Waals surface area contributed by atoms with Crippen molar-refractivity contribution in [3.63, 3.8) is 0 Å². The summed E-state index contributed by atoms with van der Waals surface area (Å²) in [6.07, 6.45) is 7.85. The van der Waals surface area contributed by atoms with Gasteiger partial charge in [-0.3, -0.25) is 14.3 Å². The number of rotatable bonds is 8. The van der Waals surface area contributed by atoms with Crippen molar-refractivity contribution in [3.05, 3.63) is 59.7 Å². The van der Waals surface area contributed by atoms with Gasteiger partial charge >= 0.3 is 5.97 Å². The number of nitrogens with one attached hydrogen (secondary N) is 1. The molecule has 0 aliphatic heterocycles. The largest absolute Gasteiger partial charge is 0.481 e. The third-order valence-electron chi connectivity index (χ3n) is 5.34. The summed E-state index contributed by atoms with van der Waals surface area (Å²) >= 11 is 0. The molecule has 7 nitrogen and oxygen atoms in total. The molecule has 1 aromatic carbocycles. The molecule has 8 heteroatoms. The van der Waals surface area contributed by atoms with Crippen molar-refractivity contribution in [1.29, 1.82) is 0 Å². The Balaban J connectivity index is 1.54. The second-order valence-corrected chi connectivity index (χ2v) is 7.51. The van der Waals surface area contributed by atoms with Gasteiger partial charge in [0.05, 0.1) is 23.7 Å². The van der Waals surface area contributed by atoms with E-state index >= 15 is 0 Å². The normalized spacial score (nSPS) is 19.7. The first-order valence-electron chi connectivity index (χ1n) is 9.71. The van der Waals surface area contributed by atoms with Crippen LogP contribution in [0.5, 0.6) is 0 Å². The minimum Gasteiger partial charge on any atom is -0.481 e. The quantitative estimate of drug-likeness (QED) is 0.664. The van der Waals surface area contributed by atoms with Gasteiger partial charge < -0.3 is 10.4 Å². The lowest BCUT2D eigenvalue weighted by Gasteiger charge is -2.29. The van der Waals surface area contributed by atoms with Gasteiger partial charge in [0.2, 0.25) is 5.91 Å². The lowest BCUT2D eigenvalue weighted by molar-refractivity contribution is -0.149. The number of benzene rings is 1. The van der Waals surface area contributed by atoms with E-state index in [1.165, 1.54) is 10.7 Å². The van der Waals surface area contributed by atoms with Crippen molar-refractivity contribution in [2.75, 3.05) is 0 Å². The number of nitrogens with zero attached hydrogens (tertiary/aromatic N) is 3. The maximum atomic E-state index is 13.8. The van der Waals surface area contributed by atoms with Crippen LogP contribution in [-0.2, 0) is 22.6 Å². The van der Waals surface area contributed by atoms with Crippen molar-refractivity contribution in [2.24, 2.45) is 5.41 Å². The monoisotopic (exact) mass is 400 g/mol. The molecule has 3 rings (SSSR count). The number of amides is 1. The Morgan fingerprint density at radius 3 is 2.83 bits per heavy atom. The molecule has 154 valence electrons. The van der Waals surface area contributed by atoms with Crippen LogP contribution in [0.2, 0.25) is 0 Å². The van der Waals surface area contributed by atoms with Crippen LogP contribution in [0.3, 0.4) is 0 Å². The van der Waals surface area contributed by atoms with Crippen LogP contribution in [0, 0.1) is 11.2 Å². The van der Waals surface area contributed by atoms with Crippen LogP contribution in [0.15, 0.2) is 42.6 Å². The molecule has 1 amide bonds. The number of halogens is 1. The first-order valence-corrected chi connectivity index (χ1v) is 9.71. The molecule has 2 atom stereocenters. The summed E-state index contributed by atoms with van der Waals surface area (Å²) in [4.78, 5) is 24.0. The molecule has 0 bridgehead atoms. The molecular weight excluding hydrogens is 375 g/mol. The van der Waals surface area contributed by atoms with E-state index in [0.29, 0.717) is 37.1 Å². The van der Waals surface area contributed by atoms with E-state index in [1.807, 2.05) is 12.2 Å². The summed E-state index contributed by atoms with van der Waals surface area (Å²) in [5, 5.41) is 20.5. The van der Waals surface area contributed by atoms with Crippen molar-refractivity contribution >= 4 is 11.9 Å². The number of aliphatic carboxylic acids is 1. The highest BCUT2D eigenvalue weighted by Crippen LogP contribution is 2.36. The van der Waals surface area contributed by atoms with Crippen molar-refractivity contribution in [3.8, 4) is 0 Å². The molecule has 1 aliphatic rings. The van der Waals surface area contributed by atoms with Gasteiger partial charge in [-0.05, 0) is 32.3 Å². The summed E-state index contributed by atoms with van der Waals surface area (Å²) in [5.74, 6) is -1.40. The fourth-order valence-electron chi connectivity index (χ4n) is 3.63. The zero-order valence-corrected chi connectivity index (χ0v) is 16.3. The van der Waals surface area contributed by atoms with E-state index in [4.69, 9.17) is 0 Å². The minimum atomic E-state index is -0.845. The Morgan fingerprint density at radius 1 is 1.34 bits per heavy atom. The highest BCUT2D eigenvalue weighted by Gasteiger charge is 2.39. The second-order valence-electron chi connectivity index (χ2n) is 7.51. The predicted molar refractivity (Wildman–Crippen MR) is 104 cm³/mol. The molecule has 1 heterocycles. The standard InChI is InChI=1S/C21H25FN4O3/c1-15(17-7-3-4-8-18(17)22)23-19(27)9-12-26-14-16(24-25-26)13-21(20(28)29)10-5-2-6-11-21/h2-5,7-8,14-15H,6,9-13H2,1H3,(H,23,27)(H,28,29)/t15-,21?/m0/s1. The van der Waals surface area contributed by atoms with Gasteiger partial charge in [-0.15, -0.1) is 5.10 Å².